The maximum atomic E-state index is 13.3. The Morgan fingerprint density at radius 1 is 0.789 bits per heavy atom. The van der Waals surface area contributed by atoms with Gasteiger partial charge in [-0.25, -0.2) is 4.99 Å². The van der Waals surface area contributed by atoms with E-state index in [2.05, 4.69) is 83.1 Å². The molecule has 38 heavy (non-hydrogen) atoms. The van der Waals surface area contributed by atoms with E-state index in [0.717, 1.165) is 63.5 Å². The quantitative estimate of drug-likeness (QED) is 0.294. The molecule has 4 aromatic rings. The van der Waals surface area contributed by atoms with Crippen LogP contribution in [0.2, 0.25) is 0 Å². The van der Waals surface area contributed by atoms with E-state index in [1.54, 1.807) is 0 Å². The topological polar surface area (TPSA) is 37.6 Å². The zero-order chi connectivity index (χ0) is 25.9. The van der Waals surface area contributed by atoms with Crippen molar-refractivity contribution < 1.29 is 0 Å². The zero-order valence-electron chi connectivity index (χ0n) is 21.4. The highest BCUT2D eigenvalue weighted by Gasteiger charge is 2.20. The minimum absolute atomic E-state index is 0.0796. The number of anilines is 1. The molecule has 0 atom stereocenters. The van der Waals surface area contributed by atoms with Crippen LogP contribution in [0.5, 0.6) is 0 Å². The number of benzene rings is 3. The maximum Gasteiger partial charge on any atom is 0.196 e. The van der Waals surface area contributed by atoms with Crippen molar-refractivity contribution in [2.75, 3.05) is 4.90 Å². The van der Waals surface area contributed by atoms with E-state index < -0.39 is 0 Å². The molecular weight excluding hydrogens is 466 g/mol. The molecule has 1 aromatic heterocycles. The first kappa shape index (κ1) is 23.7. The molecule has 0 spiro atoms. The number of nitrogens with zero attached hydrogens (tertiary/aromatic N) is 3. The van der Waals surface area contributed by atoms with E-state index in [1.165, 1.54) is 0 Å². The van der Waals surface area contributed by atoms with Crippen molar-refractivity contribution in [3.05, 3.63) is 148 Å². The van der Waals surface area contributed by atoms with Crippen molar-refractivity contribution in [2.24, 2.45) is 4.99 Å². The number of fused-ring (bicyclic) bond motifs is 2. The third-order valence-corrected chi connectivity index (χ3v) is 7.07. The second-order valence-corrected chi connectivity index (χ2v) is 9.51. The Labute approximate surface area is 222 Å². The van der Waals surface area contributed by atoms with Gasteiger partial charge in [-0.15, -0.1) is 0 Å². The molecule has 2 aliphatic rings. The minimum atomic E-state index is 0.0796. The van der Waals surface area contributed by atoms with E-state index in [4.69, 9.17) is 4.99 Å². The molecule has 0 unspecified atom stereocenters. The molecule has 2 heterocycles. The second-order valence-electron chi connectivity index (χ2n) is 9.51. The lowest BCUT2D eigenvalue weighted by molar-refractivity contribution is 0.974. The number of allylic oxidation sites excluding steroid dienone is 6. The van der Waals surface area contributed by atoms with Gasteiger partial charge in [-0.05, 0) is 74.4 Å². The van der Waals surface area contributed by atoms with Crippen LogP contribution in [-0.4, -0.2) is 10.4 Å². The van der Waals surface area contributed by atoms with Crippen molar-refractivity contribution in [1.29, 1.82) is 0 Å². The standard InChI is InChI=1S/C34H29N3O/c1-25-13-5-4-12-24-35-34(36(25)27-14-6-2-7-15-27)26-20-22-28(23-21-26)37-31-18-9-3-8-16-29(31)33(38)30-17-10-11-19-32(30)37/h2-3,6-17,19-24H,4-5,18H2,1H3/b24-12+,25-13+,35-34-. The highest BCUT2D eigenvalue weighted by atomic mass is 16.1. The summed E-state index contributed by atoms with van der Waals surface area (Å²) >= 11 is 0. The molecule has 0 saturated heterocycles. The first-order valence-corrected chi connectivity index (χ1v) is 13.1. The lowest BCUT2D eigenvalue weighted by atomic mass is 10.0. The predicted octanol–water partition coefficient (Wildman–Crippen LogP) is 7.58. The second kappa shape index (κ2) is 10.3. The average Bonchev–Trinajstić information content (AvgIpc) is 3.16. The molecule has 3 aromatic carbocycles. The van der Waals surface area contributed by atoms with Gasteiger partial charge in [0.2, 0.25) is 0 Å². The molecule has 4 heteroatoms. The monoisotopic (exact) mass is 495 g/mol. The Bertz CT molecular complexity index is 1700. The maximum absolute atomic E-state index is 13.3. The fourth-order valence-electron chi connectivity index (χ4n) is 5.25. The van der Waals surface area contributed by atoms with Gasteiger partial charge < -0.3 is 4.57 Å². The van der Waals surface area contributed by atoms with Gasteiger partial charge in [0.1, 0.15) is 5.84 Å². The molecule has 0 bridgehead atoms. The van der Waals surface area contributed by atoms with Crippen LogP contribution in [0.1, 0.15) is 36.6 Å². The van der Waals surface area contributed by atoms with Gasteiger partial charge in [-0.1, -0.05) is 60.7 Å². The lowest BCUT2D eigenvalue weighted by Gasteiger charge is -2.27. The summed E-state index contributed by atoms with van der Waals surface area (Å²) in [6.07, 6.45) is 16.9. The Morgan fingerprint density at radius 2 is 1.58 bits per heavy atom. The number of amidine groups is 1. The summed E-state index contributed by atoms with van der Waals surface area (Å²) in [7, 11) is 0. The molecule has 0 radical (unpaired) electrons. The number of hydrogen-bond donors (Lipinski definition) is 0. The van der Waals surface area contributed by atoms with Crippen molar-refractivity contribution >= 4 is 28.5 Å². The van der Waals surface area contributed by atoms with E-state index >= 15 is 0 Å². The van der Waals surface area contributed by atoms with E-state index in [0.29, 0.717) is 6.42 Å². The summed E-state index contributed by atoms with van der Waals surface area (Å²) in [4.78, 5) is 20.5. The third kappa shape index (κ3) is 4.35. The lowest BCUT2D eigenvalue weighted by Crippen LogP contribution is -2.30. The van der Waals surface area contributed by atoms with Crippen molar-refractivity contribution in [3.8, 4) is 5.69 Å². The number of aliphatic imine (C=N–C) groups is 1. The SMILES string of the molecule is C/C1=C\CC/C=C/N=C(/c2ccc(-n3c4c(c(=O)c5ccccc53)C=CC=CC4)cc2)N1c1ccccc1. The summed E-state index contributed by atoms with van der Waals surface area (Å²) in [6.45, 7) is 2.14. The molecule has 1 aliphatic heterocycles. The van der Waals surface area contributed by atoms with E-state index in [1.807, 2.05) is 54.8 Å². The number of para-hydroxylation sites is 2. The molecule has 186 valence electrons. The number of rotatable bonds is 3. The van der Waals surface area contributed by atoms with E-state index in [-0.39, 0.29) is 5.43 Å². The molecule has 0 amide bonds. The van der Waals surface area contributed by atoms with Crippen LogP contribution in [0.3, 0.4) is 0 Å². The van der Waals surface area contributed by atoms with Gasteiger partial charge in [0.05, 0.1) is 5.52 Å². The van der Waals surface area contributed by atoms with Gasteiger partial charge in [0.15, 0.2) is 5.43 Å². The molecule has 0 saturated carbocycles. The first-order valence-electron chi connectivity index (χ1n) is 13.1. The highest BCUT2D eigenvalue weighted by molar-refractivity contribution is 6.12. The summed E-state index contributed by atoms with van der Waals surface area (Å²) in [5.74, 6) is 0.879. The third-order valence-electron chi connectivity index (χ3n) is 7.07. The molecule has 6 rings (SSSR count). The molecule has 0 N–H and O–H groups in total. The molecule has 4 nitrogen and oxygen atoms in total. The summed E-state index contributed by atoms with van der Waals surface area (Å²) in [5.41, 5.74) is 7.01. The van der Waals surface area contributed by atoms with Crippen molar-refractivity contribution in [1.82, 2.24) is 4.57 Å². The summed E-state index contributed by atoms with van der Waals surface area (Å²) in [6, 6.07) is 26.8. The van der Waals surface area contributed by atoms with E-state index in [9.17, 15) is 4.79 Å². The molecule has 1 aliphatic carbocycles. The van der Waals surface area contributed by atoms with Crippen LogP contribution in [0.4, 0.5) is 5.69 Å². The Morgan fingerprint density at radius 3 is 2.42 bits per heavy atom. The van der Waals surface area contributed by atoms with Crippen molar-refractivity contribution in [2.45, 2.75) is 26.2 Å². The Balaban J connectivity index is 1.51. The Kier molecular flexibility index (Phi) is 6.45. The van der Waals surface area contributed by atoms with Gasteiger partial charge in [-0.2, -0.15) is 0 Å². The summed E-state index contributed by atoms with van der Waals surface area (Å²) in [5, 5.41) is 0.726. The van der Waals surface area contributed by atoms with Gasteiger partial charge >= 0.3 is 0 Å². The smallest absolute Gasteiger partial charge is 0.196 e. The normalized spacial score (nSPS) is 18.8. The molecular formula is C34H29N3O. The predicted molar refractivity (Wildman–Crippen MR) is 159 cm³/mol. The van der Waals surface area contributed by atoms with Crippen LogP contribution in [0, 0.1) is 0 Å². The number of aromatic nitrogens is 1. The zero-order valence-corrected chi connectivity index (χ0v) is 21.4. The number of hydrogen-bond acceptors (Lipinski definition) is 3. The fourth-order valence-corrected chi connectivity index (χ4v) is 5.25. The van der Waals surface area contributed by atoms with Crippen LogP contribution in [0.15, 0.2) is 131 Å². The highest BCUT2D eigenvalue weighted by Crippen LogP contribution is 2.27. The van der Waals surface area contributed by atoms with Crippen LogP contribution >= 0.6 is 0 Å². The van der Waals surface area contributed by atoms with Crippen LogP contribution < -0.4 is 10.3 Å². The van der Waals surface area contributed by atoms with Crippen LogP contribution in [0.25, 0.3) is 22.7 Å². The van der Waals surface area contributed by atoms with Gasteiger partial charge in [0.25, 0.3) is 0 Å². The fraction of sp³-hybridized carbons (Fsp3) is 0.118. The average molecular weight is 496 g/mol. The minimum Gasteiger partial charge on any atom is -0.312 e. The van der Waals surface area contributed by atoms with Gasteiger partial charge in [0, 0.05) is 51.9 Å². The Hall–Kier alpha value is -4.70. The summed E-state index contributed by atoms with van der Waals surface area (Å²) < 4.78 is 2.22. The molecule has 0 fully saturated rings. The van der Waals surface area contributed by atoms with Crippen molar-refractivity contribution in [3.63, 3.8) is 0 Å². The van der Waals surface area contributed by atoms with Crippen LogP contribution in [-0.2, 0) is 6.42 Å². The first-order chi connectivity index (χ1) is 18.7. The largest absolute Gasteiger partial charge is 0.312 e. The van der Waals surface area contributed by atoms with Gasteiger partial charge in [-0.3, -0.25) is 9.69 Å². The number of pyridine rings is 1.